The van der Waals surface area contributed by atoms with Crippen LogP contribution in [-0.4, -0.2) is 19.2 Å². The van der Waals surface area contributed by atoms with Crippen LogP contribution in [0.5, 0.6) is 11.5 Å². The number of benzene rings is 2. The smallest absolute Gasteiger partial charge is 0.235 e. The Kier molecular flexibility index (Phi) is 4.67. The van der Waals surface area contributed by atoms with E-state index in [1.165, 1.54) is 6.92 Å². The minimum Gasteiger partial charge on any atom is -0.546 e. The van der Waals surface area contributed by atoms with E-state index in [1.807, 2.05) is 6.92 Å². The number of ether oxygens (including phenoxy) is 2. The lowest BCUT2D eigenvalue weighted by atomic mass is 10.1. The fourth-order valence-corrected chi connectivity index (χ4v) is 2.55. The van der Waals surface area contributed by atoms with E-state index in [-0.39, 0.29) is 11.5 Å². The molecule has 0 unspecified atom stereocenters. The standard InChI is InChI=1S/C20H18O6/c1-11-4-9-15-16(10-11)26-18(13-5-7-14(24-3)8-6-13)19(17(15)21)25-12(2)20(22)23/h4-10,12H,1-3H3,(H,22,23)/p-1/t12-/m1/s1. The Labute approximate surface area is 149 Å². The van der Waals surface area contributed by atoms with E-state index < -0.39 is 17.5 Å². The molecule has 1 aromatic heterocycles. The van der Waals surface area contributed by atoms with Crippen molar-refractivity contribution in [3.8, 4) is 22.8 Å². The summed E-state index contributed by atoms with van der Waals surface area (Å²) in [5.74, 6) is -0.792. The maximum absolute atomic E-state index is 12.9. The molecule has 6 nitrogen and oxygen atoms in total. The number of carbonyl (C=O) groups is 1. The minimum absolute atomic E-state index is 0.156. The molecule has 0 spiro atoms. The predicted octanol–water partition coefficient (Wildman–Crippen LogP) is 2.29. The van der Waals surface area contributed by atoms with Gasteiger partial charge in [-0.05, 0) is 55.8 Å². The number of methoxy groups -OCH3 is 1. The van der Waals surface area contributed by atoms with Gasteiger partial charge in [0.1, 0.15) is 17.4 Å². The normalized spacial score (nSPS) is 12.0. The molecule has 0 fully saturated rings. The van der Waals surface area contributed by atoms with Crippen molar-refractivity contribution >= 4 is 16.9 Å². The van der Waals surface area contributed by atoms with Crippen LogP contribution in [0.1, 0.15) is 12.5 Å². The van der Waals surface area contributed by atoms with Crippen LogP contribution in [0.3, 0.4) is 0 Å². The molecule has 1 heterocycles. The van der Waals surface area contributed by atoms with Gasteiger partial charge in [0.25, 0.3) is 0 Å². The third-order valence-corrected chi connectivity index (χ3v) is 3.98. The lowest BCUT2D eigenvalue weighted by Gasteiger charge is -2.17. The highest BCUT2D eigenvalue weighted by Gasteiger charge is 2.20. The van der Waals surface area contributed by atoms with Gasteiger partial charge in [0, 0.05) is 5.56 Å². The van der Waals surface area contributed by atoms with Crippen LogP contribution in [0.4, 0.5) is 0 Å². The summed E-state index contributed by atoms with van der Waals surface area (Å²) in [6.07, 6.45) is -1.31. The predicted molar refractivity (Wildman–Crippen MR) is 94.3 cm³/mol. The van der Waals surface area contributed by atoms with Gasteiger partial charge in [0.2, 0.25) is 11.2 Å². The third kappa shape index (κ3) is 3.26. The summed E-state index contributed by atoms with van der Waals surface area (Å²) < 4.78 is 16.4. The van der Waals surface area contributed by atoms with Crippen molar-refractivity contribution in [3.63, 3.8) is 0 Å². The number of carboxylic acids is 1. The first-order valence-corrected chi connectivity index (χ1v) is 8.00. The van der Waals surface area contributed by atoms with Gasteiger partial charge >= 0.3 is 0 Å². The van der Waals surface area contributed by atoms with Crippen LogP contribution in [0.25, 0.3) is 22.3 Å². The summed E-state index contributed by atoms with van der Waals surface area (Å²) in [6.45, 7) is 3.18. The topological polar surface area (TPSA) is 88.8 Å². The third-order valence-electron chi connectivity index (χ3n) is 3.98. The molecule has 0 aliphatic heterocycles. The highest BCUT2D eigenvalue weighted by Crippen LogP contribution is 2.32. The highest BCUT2D eigenvalue weighted by molar-refractivity contribution is 5.83. The molecular weight excluding hydrogens is 336 g/mol. The number of hydrogen-bond donors (Lipinski definition) is 0. The van der Waals surface area contributed by atoms with E-state index in [0.717, 1.165) is 5.56 Å². The Morgan fingerprint density at radius 2 is 1.85 bits per heavy atom. The zero-order valence-corrected chi connectivity index (χ0v) is 14.6. The molecule has 26 heavy (non-hydrogen) atoms. The van der Waals surface area contributed by atoms with E-state index in [4.69, 9.17) is 13.9 Å². The average molecular weight is 353 g/mol. The Balaban J connectivity index is 2.25. The van der Waals surface area contributed by atoms with Gasteiger partial charge in [0.15, 0.2) is 5.76 Å². The van der Waals surface area contributed by atoms with E-state index >= 15 is 0 Å². The van der Waals surface area contributed by atoms with E-state index in [0.29, 0.717) is 22.3 Å². The second kappa shape index (κ2) is 6.92. The van der Waals surface area contributed by atoms with Crippen molar-refractivity contribution in [2.24, 2.45) is 0 Å². The highest BCUT2D eigenvalue weighted by atomic mass is 16.5. The molecule has 1 atom stereocenters. The van der Waals surface area contributed by atoms with Gasteiger partial charge in [-0.25, -0.2) is 0 Å². The number of rotatable bonds is 5. The zero-order valence-electron chi connectivity index (χ0n) is 14.6. The Morgan fingerprint density at radius 3 is 2.46 bits per heavy atom. The van der Waals surface area contributed by atoms with Crippen molar-refractivity contribution in [3.05, 3.63) is 58.3 Å². The minimum atomic E-state index is -1.42. The molecule has 3 rings (SSSR count). The van der Waals surface area contributed by atoms with Crippen molar-refractivity contribution < 1.29 is 23.8 Å². The molecule has 0 aliphatic rings. The molecule has 0 bridgehead atoms. The second-order valence-electron chi connectivity index (χ2n) is 5.90. The molecule has 3 aromatic rings. The molecule has 2 aromatic carbocycles. The lowest BCUT2D eigenvalue weighted by molar-refractivity contribution is -0.312. The maximum atomic E-state index is 12.9. The molecule has 6 heteroatoms. The summed E-state index contributed by atoms with van der Waals surface area (Å²) in [5.41, 5.74) is 1.45. The van der Waals surface area contributed by atoms with E-state index in [2.05, 4.69) is 0 Å². The van der Waals surface area contributed by atoms with Gasteiger partial charge in [-0.1, -0.05) is 6.07 Å². The second-order valence-corrected chi connectivity index (χ2v) is 5.90. The van der Waals surface area contributed by atoms with Crippen LogP contribution in [0.2, 0.25) is 0 Å². The lowest BCUT2D eigenvalue weighted by Crippen LogP contribution is -2.38. The summed E-state index contributed by atoms with van der Waals surface area (Å²) in [7, 11) is 1.55. The summed E-state index contributed by atoms with van der Waals surface area (Å²) in [6, 6.07) is 12.0. The Morgan fingerprint density at radius 1 is 1.15 bits per heavy atom. The van der Waals surface area contributed by atoms with Crippen molar-refractivity contribution in [1.82, 2.24) is 0 Å². The van der Waals surface area contributed by atoms with Gasteiger partial charge < -0.3 is 23.8 Å². The van der Waals surface area contributed by atoms with Gasteiger partial charge in [-0.3, -0.25) is 4.79 Å². The molecular formula is C20H17O6-. The van der Waals surface area contributed by atoms with Crippen LogP contribution in [0.15, 0.2) is 51.7 Å². The first kappa shape index (κ1) is 17.5. The van der Waals surface area contributed by atoms with Gasteiger partial charge in [-0.15, -0.1) is 0 Å². The number of carbonyl (C=O) groups excluding carboxylic acids is 1. The number of aliphatic carboxylic acids is 1. The van der Waals surface area contributed by atoms with Crippen LogP contribution in [0, 0.1) is 6.92 Å². The Bertz CT molecular complexity index is 1020. The first-order valence-electron chi connectivity index (χ1n) is 8.00. The van der Waals surface area contributed by atoms with Crippen molar-refractivity contribution in [2.45, 2.75) is 20.0 Å². The zero-order chi connectivity index (χ0) is 18.8. The maximum Gasteiger partial charge on any atom is 0.235 e. The quantitative estimate of drug-likeness (QED) is 0.699. The van der Waals surface area contributed by atoms with Crippen molar-refractivity contribution in [2.75, 3.05) is 7.11 Å². The molecule has 0 N–H and O–H groups in total. The molecule has 0 aliphatic carbocycles. The number of hydrogen-bond acceptors (Lipinski definition) is 6. The molecule has 134 valence electrons. The number of carboxylic acid groups (broad SMARTS) is 1. The fraction of sp³-hybridized carbons (Fsp3) is 0.200. The monoisotopic (exact) mass is 353 g/mol. The van der Waals surface area contributed by atoms with Gasteiger partial charge in [-0.2, -0.15) is 0 Å². The SMILES string of the molecule is COc1ccc(-c2oc3cc(C)ccc3c(=O)c2O[C@H](C)C(=O)[O-])cc1. The van der Waals surface area contributed by atoms with Crippen LogP contribution < -0.4 is 20.0 Å². The fourth-order valence-electron chi connectivity index (χ4n) is 2.55. The Hall–Kier alpha value is -3.28. The average Bonchev–Trinajstić information content (AvgIpc) is 2.63. The largest absolute Gasteiger partial charge is 0.546 e. The first-order chi connectivity index (χ1) is 12.4. The summed E-state index contributed by atoms with van der Waals surface area (Å²) in [5, 5.41) is 11.4. The van der Waals surface area contributed by atoms with Crippen molar-refractivity contribution in [1.29, 1.82) is 0 Å². The van der Waals surface area contributed by atoms with Gasteiger partial charge in [0.05, 0.1) is 18.5 Å². The summed E-state index contributed by atoms with van der Waals surface area (Å²) >= 11 is 0. The van der Waals surface area contributed by atoms with E-state index in [9.17, 15) is 14.7 Å². The number of fused-ring (bicyclic) bond motifs is 1. The van der Waals surface area contributed by atoms with Crippen LogP contribution >= 0.6 is 0 Å². The molecule has 0 radical (unpaired) electrons. The van der Waals surface area contributed by atoms with Crippen LogP contribution in [-0.2, 0) is 4.79 Å². The molecule has 0 saturated carbocycles. The number of aryl methyl sites for hydroxylation is 1. The summed E-state index contributed by atoms with van der Waals surface area (Å²) in [4.78, 5) is 24.0. The van der Waals surface area contributed by atoms with E-state index in [1.54, 1.807) is 49.6 Å². The molecule has 0 saturated heterocycles. The molecule has 0 amide bonds.